The molecular weight excluding hydrogens is 534 g/mol. The highest BCUT2D eigenvalue weighted by atomic mass is 16.5. The first-order valence-electron chi connectivity index (χ1n) is 14.2. The Morgan fingerprint density at radius 2 is 1.64 bits per heavy atom. The Labute approximate surface area is 246 Å². The van der Waals surface area contributed by atoms with Crippen LogP contribution in [0.2, 0.25) is 0 Å². The summed E-state index contributed by atoms with van der Waals surface area (Å²) in [5, 5.41) is 13.8. The number of ether oxygens (including phenoxy) is 3. The number of esters is 2. The van der Waals surface area contributed by atoms with E-state index in [2.05, 4.69) is 16.3 Å². The molecule has 0 aliphatic carbocycles. The molecule has 10 heteroatoms. The SMILES string of the molecule is COC(=O)C1=C(C(=O)OC)N(c2ccc(N3CCC4(CCNCC4)CC3)cc2OC)C(N)=C(C#N)C1c1ccccc1. The number of nitrogens with two attached hydrogens (primary N) is 1. The number of carbonyl (C=O) groups excluding carboxylic acids is 2. The number of benzene rings is 2. The molecule has 2 aromatic rings. The Balaban J connectivity index is 1.60. The van der Waals surface area contributed by atoms with Gasteiger partial charge in [0.05, 0.1) is 50.2 Å². The molecule has 2 aromatic carbocycles. The Hall–Kier alpha value is -4.49. The topological polar surface area (TPSA) is 130 Å². The van der Waals surface area contributed by atoms with E-state index in [4.69, 9.17) is 19.9 Å². The van der Waals surface area contributed by atoms with Crippen LogP contribution >= 0.6 is 0 Å². The van der Waals surface area contributed by atoms with Gasteiger partial charge in [-0.05, 0) is 61.9 Å². The molecule has 2 fully saturated rings. The van der Waals surface area contributed by atoms with Crippen molar-refractivity contribution >= 4 is 23.3 Å². The Bertz CT molecular complexity index is 1450. The lowest BCUT2D eigenvalue weighted by Gasteiger charge is -2.45. The Morgan fingerprint density at radius 3 is 2.24 bits per heavy atom. The highest BCUT2D eigenvalue weighted by molar-refractivity contribution is 6.06. The first-order chi connectivity index (χ1) is 20.4. The number of nitriles is 1. The van der Waals surface area contributed by atoms with Crippen molar-refractivity contribution in [2.75, 3.05) is 57.3 Å². The molecule has 3 heterocycles. The maximum absolute atomic E-state index is 13.4. The quantitative estimate of drug-likeness (QED) is 0.497. The molecule has 3 N–H and O–H groups in total. The van der Waals surface area contributed by atoms with Crippen molar-refractivity contribution < 1.29 is 23.8 Å². The third kappa shape index (κ3) is 5.16. The summed E-state index contributed by atoms with van der Waals surface area (Å²) in [6, 6.07) is 16.8. The van der Waals surface area contributed by atoms with E-state index in [0.717, 1.165) is 44.7 Å². The maximum atomic E-state index is 13.4. The lowest BCUT2D eigenvalue weighted by Crippen LogP contribution is -2.45. The average molecular weight is 572 g/mol. The Kier molecular flexibility index (Phi) is 8.41. The molecule has 42 heavy (non-hydrogen) atoms. The summed E-state index contributed by atoms with van der Waals surface area (Å²) in [5.41, 5.74) is 9.00. The molecule has 1 unspecified atom stereocenters. The summed E-state index contributed by atoms with van der Waals surface area (Å²) in [4.78, 5) is 30.5. The summed E-state index contributed by atoms with van der Waals surface area (Å²) in [6.45, 7) is 4.02. The zero-order valence-electron chi connectivity index (χ0n) is 24.3. The van der Waals surface area contributed by atoms with Crippen LogP contribution in [0.5, 0.6) is 5.75 Å². The van der Waals surface area contributed by atoms with E-state index in [-0.39, 0.29) is 22.7 Å². The van der Waals surface area contributed by atoms with Crippen LogP contribution in [0.4, 0.5) is 11.4 Å². The van der Waals surface area contributed by atoms with E-state index in [1.807, 2.05) is 18.2 Å². The van der Waals surface area contributed by atoms with Crippen LogP contribution in [-0.2, 0) is 19.1 Å². The number of carbonyl (C=O) groups is 2. The zero-order valence-corrected chi connectivity index (χ0v) is 24.3. The molecule has 0 radical (unpaired) electrons. The predicted octanol–water partition coefficient (Wildman–Crippen LogP) is 3.56. The van der Waals surface area contributed by atoms with E-state index >= 15 is 0 Å². The van der Waals surface area contributed by atoms with Crippen molar-refractivity contribution in [2.24, 2.45) is 11.1 Å². The standard InChI is InChI=1S/C32H37N5O5/c1-40-25-19-22(36-17-13-32(14-18-36)11-15-35-16-12-32)9-10-24(25)37-28(31(39)42-3)27(30(38)41-2)26(23(20-33)29(37)34)21-7-5-4-6-8-21/h4-10,19,26,35H,11-18,34H2,1-3H3. The monoisotopic (exact) mass is 571 g/mol. The second-order valence-corrected chi connectivity index (χ2v) is 10.9. The van der Waals surface area contributed by atoms with Gasteiger partial charge in [-0.15, -0.1) is 0 Å². The number of nitrogens with zero attached hydrogens (tertiary/aromatic N) is 3. The molecular formula is C32H37N5O5. The zero-order chi connectivity index (χ0) is 29.9. The van der Waals surface area contributed by atoms with Gasteiger partial charge >= 0.3 is 11.9 Å². The fourth-order valence-corrected chi connectivity index (χ4v) is 6.51. The van der Waals surface area contributed by atoms with E-state index in [9.17, 15) is 14.9 Å². The number of methoxy groups -OCH3 is 3. The molecule has 1 spiro atoms. The number of allylic oxidation sites excluding steroid dienone is 1. The van der Waals surface area contributed by atoms with Gasteiger partial charge in [-0.3, -0.25) is 4.90 Å². The lowest BCUT2D eigenvalue weighted by molar-refractivity contribution is -0.139. The first kappa shape index (κ1) is 29.0. The van der Waals surface area contributed by atoms with E-state index in [0.29, 0.717) is 22.4 Å². The molecule has 10 nitrogen and oxygen atoms in total. The minimum atomic E-state index is -0.935. The van der Waals surface area contributed by atoms with Gasteiger partial charge in [0.15, 0.2) is 0 Å². The van der Waals surface area contributed by atoms with E-state index < -0.39 is 17.9 Å². The fourth-order valence-electron chi connectivity index (χ4n) is 6.51. The molecule has 0 saturated carbocycles. The smallest absolute Gasteiger partial charge is 0.355 e. The van der Waals surface area contributed by atoms with E-state index in [1.54, 1.807) is 30.3 Å². The van der Waals surface area contributed by atoms with E-state index in [1.165, 1.54) is 39.1 Å². The van der Waals surface area contributed by atoms with Crippen LogP contribution in [0.15, 0.2) is 71.2 Å². The van der Waals surface area contributed by atoms with Gasteiger partial charge in [0.1, 0.15) is 17.3 Å². The molecule has 0 amide bonds. The molecule has 0 aromatic heterocycles. The number of nitrogens with one attached hydrogen (secondary N) is 1. The number of piperidine rings is 2. The van der Waals surface area contributed by atoms with Crippen molar-refractivity contribution in [3.8, 4) is 11.8 Å². The van der Waals surface area contributed by atoms with Crippen LogP contribution < -0.4 is 25.6 Å². The summed E-state index contributed by atoms with van der Waals surface area (Å²) in [6.07, 6.45) is 4.68. The maximum Gasteiger partial charge on any atom is 0.355 e. The van der Waals surface area contributed by atoms with Crippen molar-refractivity contribution in [3.05, 3.63) is 76.8 Å². The third-order valence-electron chi connectivity index (χ3n) is 8.87. The predicted molar refractivity (Wildman–Crippen MR) is 159 cm³/mol. The van der Waals surface area contributed by atoms with Crippen LogP contribution in [-0.4, -0.2) is 59.4 Å². The summed E-state index contributed by atoms with van der Waals surface area (Å²) in [5.74, 6) is -2.08. The second kappa shape index (κ2) is 12.2. The number of hydrogen-bond donors (Lipinski definition) is 2. The first-order valence-corrected chi connectivity index (χ1v) is 14.2. The molecule has 3 aliphatic heterocycles. The highest BCUT2D eigenvalue weighted by Crippen LogP contribution is 2.47. The normalized spacial score (nSPS) is 20.3. The van der Waals surface area contributed by atoms with Crippen molar-refractivity contribution in [2.45, 2.75) is 31.6 Å². The lowest BCUT2D eigenvalue weighted by atomic mass is 9.71. The van der Waals surface area contributed by atoms with Gasteiger partial charge in [-0.25, -0.2) is 9.59 Å². The average Bonchev–Trinajstić information content (AvgIpc) is 3.04. The van der Waals surface area contributed by atoms with Gasteiger partial charge in [0.2, 0.25) is 0 Å². The highest BCUT2D eigenvalue weighted by Gasteiger charge is 2.44. The van der Waals surface area contributed by atoms with Gasteiger partial charge < -0.3 is 30.2 Å². The number of hydrogen-bond acceptors (Lipinski definition) is 10. The second-order valence-electron chi connectivity index (χ2n) is 10.9. The fraction of sp³-hybridized carbons (Fsp3) is 0.406. The minimum Gasteiger partial charge on any atom is -0.494 e. The molecule has 2 saturated heterocycles. The minimum absolute atomic E-state index is 0.00345. The van der Waals surface area contributed by atoms with Gasteiger partial charge in [0, 0.05) is 24.8 Å². The summed E-state index contributed by atoms with van der Waals surface area (Å²) in [7, 11) is 3.99. The molecule has 0 bridgehead atoms. The number of rotatable bonds is 6. The van der Waals surface area contributed by atoms with Gasteiger partial charge in [0.25, 0.3) is 0 Å². The summed E-state index contributed by atoms with van der Waals surface area (Å²) < 4.78 is 16.1. The Morgan fingerprint density at radius 1 is 0.976 bits per heavy atom. The van der Waals surface area contributed by atoms with Crippen molar-refractivity contribution in [3.63, 3.8) is 0 Å². The van der Waals surface area contributed by atoms with Gasteiger partial charge in [-0.2, -0.15) is 5.26 Å². The van der Waals surface area contributed by atoms with Crippen LogP contribution in [0, 0.1) is 16.7 Å². The van der Waals surface area contributed by atoms with Gasteiger partial charge in [-0.1, -0.05) is 30.3 Å². The van der Waals surface area contributed by atoms with Crippen LogP contribution in [0.1, 0.15) is 37.2 Å². The molecule has 220 valence electrons. The summed E-state index contributed by atoms with van der Waals surface area (Å²) >= 11 is 0. The molecule has 3 aliphatic rings. The number of anilines is 2. The van der Waals surface area contributed by atoms with Crippen molar-refractivity contribution in [1.29, 1.82) is 5.26 Å². The largest absolute Gasteiger partial charge is 0.494 e. The van der Waals surface area contributed by atoms with Crippen molar-refractivity contribution in [1.82, 2.24) is 5.32 Å². The van der Waals surface area contributed by atoms with Crippen LogP contribution in [0.3, 0.4) is 0 Å². The molecule has 5 rings (SSSR count). The van der Waals surface area contributed by atoms with Crippen LogP contribution in [0.25, 0.3) is 0 Å². The third-order valence-corrected chi connectivity index (χ3v) is 8.87. The molecule has 1 atom stereocenters.